The third-order valence-corrected chi connectivity index (χ3v) is 4.83. The van der Waals surface area contributed by atoms with Crippen molar-refractivity contribution in [2.75, 3.05) is 10.2 Å². The van der Waals surface area contributed by atoms with Gasteiger partial charge < -0.3 is 10.2 Å². The van der Waals surface area contributed by atoms with Gasteiger partial charge in [0.2, 0.25) is 0 Å². The van der Waals surface area contributed by atoms with E-state index in [4.69, 9.17) is 0 Å². The smallest absolute Gasteiger partial charge is 0.277 e. The molecule has 2 amide bonds. The highest BCUT2D eigenvalue weighted by Crippen LogP contribution is 2.32. The lowest BCUT2D eigenvalue weighted by atomic mass is 10.1. The molecule has 1 aliphatic rings. The van der Waals surface area contributed by atoms with Gasteiger partial charge in [-0.25, -0.2) is 13.8 Å². The molecule has 4 rings (SSSR count). The van der Waals surface area contributed by atoms with Crippen molar-refractivity contribution in [3.63, 3.8) is 0 Å². The van der Waals surface area contributed by atoms with E-state index in [1.165, 1.54) is 24.3 Å². The van der Waals surface area contributed by atoms with Gasteiger partial charge >= 0.3 is 0 Å². The Morgan fingerprint density at radius 2 is 1.62 bits per heavy atom. The summed E-state index contributed by atoms with van der Waals surface area (Å²) in [6.45, 7) is 1.94. The van der Waals surface area contributed by atoms with Crippen molar-refractivity contribution in [1.82, 2.24) is 4.98 Å². The maximum absolute atomic E-state index is 13.8. The predicted molar refractivity (Wildman–Crippen MR) is 105 cm³/mol. The van der Waals surface area contributed by atoms with Crippen molar-refractivity contribution < 1.29 is 18.4 Å². The Labute approximate surface area is 166 Å². The summed E-state index contributed by atoms with van der Waals surface area (Å²) in [5.41, 5.74) is 1.29. The van der Waals surface area contributed by atoms with Crippen molar-refractivity contribution in [2.24, 2.45) is 0 Å². The standard InChI is InChI=1S/C22H17F2N3O2/c1-13-12-14-6-2-3-11-19(14)27(13)22(29)18-10-5-9-17(25-18)21(28)26-20-15(23)7-4-8-16(20)24/h2-11,13H,12H2,1H3,(H,26,28). The third-order valence-electron chi connectivity index (χ3n) is 4.83. The predicted octanol–water partition coefficient (Wildman–Crippen LogP) is 4.20. The molecule has 0 radical (unpaired) electrons. The van der Waals surface area contributed by atoms with Crippen LogP contribution in [-0.4, -0.2) is 22.8 Å². The number of aromatic nitrogens is 1. The summed E-state index contributed by atoms with van der Waals surface area (Å²) in [7, 11) is 0. The number of carbonyl (C=O) groups excluding carboxylic acids is 2. The molecule has 0 saturated heterocycles. The van der Waals surface area contributed by atoms with Gasteiger partial charge in [-0.3, -0.25) is 9.59 Å². The van der Waals surface area contributed by atoms with Gasteiger partial charge in [-0.1, -0.05) is 30.3 Å². The molecule has 1 aromatic heterocycles. The van der Waals surface area contributed by atoms with Gasteiger partial charge in [0, 0.05) is 11.7 Å². The van der Waals surface area contributed by atoms with Crippen molar-refractivity contribution in [1.29, 1.82) is 0 Å². The molecule has 0 fully saturated rings. The molecule has 1 atom stereocenters. The molecule has 3 aromatic rings. The monoisotopic (exact) mass is 393 g/mol. The molecule has 146 valence electrons. The number of amides is 2. The van der Waals surface area contributed by atoms with E-state index >= 15 is 0 Å². The highest BCUT2D eigenvalue weighted by molar-refractivity contribution is 6.08. The molecule has 2 aromatic carbocycles. The normalized spacial score (nSPS) is 15.1. The minimum Gasteiger partial charge on any atom is -0.316 e. The van der Waals surface area contributed by atoms with Crippen LogP contribution in [0.2, 0.25) is 0 Å². The number of pyridine rings is 1. The second kappa shape index (κ2) is 7.43. The van der Waals surface area contributed by atoms with Crippen molar-refractivity contribution in [3.05, 3.63) is 89.2 Å². The second-order valence-electron chi connectivity index (χ2n) is 6.82. The largest absolute Gasteiger partial charge is 0.316 e. The molecule has 1 aliphatic heterocycles. The second-order valence-corrected chi connectivity index (χ2v) is 6.82. The van der Waals surface area contributed by atoms with Crippen LogP contribution in [0.5, 0.6) is 0 Å². The van der Waals surface area contributed by atoms with E-state index in [0.717, 1.165) is 29.8 Å². The minimum atomic E-state index is -0.895. The van der Waals surface area contributed by atoms with Crippen LogP contribution in [0.15, 0.2) is 60.7 Å². The van der Waals surface area contributed by atoms with Gasteiger partial charge in [0.05, 0.1) is 0 Å². The lowest BCUT2D eigenvalue weighted by Gasteiger charge is -2.22. The fourth-order valence-corrected chi connectivity index (χ4v) is 3.47. The number of fused-ring (bicyclic) bond motifs is 1. The van der Waals surface area contributed by atoms with E-state index in [1.54, 1.807) is 4.90 Å². The fraction of sp³-hybridized carbons (Fsp3) is 0.136. The van der Waals surface area contributed by atoms with Crippen molar-refractivity contribution in [3.8, 4) is 0 Å². The number of hydrogen-bond acceptors (Lipinski definition) is 3. The Bertz CT molecular complexity index is 1100. The summed E-state index contributed by atoms with van der Waals surface area (Å²) in [6, 6.07) is 15.3. The number of nitrogens with zero attached hydrogens (tertiary/aromatic N) is 2. The number of benzene rings is 2. The first-order chi connectivity index (χ1) is 14.0. The number of para-hydroxylation sites is 2. The Kier molecular flexibility index (Phi) is 4.80. The molecule has 29 heavy (non-hydrogen) atoms. The van der Waals surface area contributed by atoms with E-state index in [2.05, 4.69) is 10.3 Å². The Morgan fingerprint density at radius 3 is 2.38 bits per heavy atom. The van der Waals surface area contributed by atoms with Crippen molar-refractivity contribution in [2.45, 2.75) is 19.4 Å². The molecule has 0 saturated carbocycles. The topological polar surface area (TPSA) is 62.3 Å². The summed E-state index contributed by atoms with van der Waals surface area (Å²) in [5.74, 6) is -2.94. The van der Waals surface area contributed by atoms with Crippen LogP contribution in [0.25, 0.3) is 0 Å². The van der Waals surface area contributed by atoms with Crippen LogP contribution >= 0.6 is 0 Å². The van der Waals surface area contributed by atoms with Crippen LogP contribution < -0.4 is 10.2 Å². The highest BCUT2D eigenvalue weighted by atomic mass is 19.1. The average molecular weight is 393 g/mol. The first-order valence-corrected chi connectivity index (χ1v) is 9.09. The van der Waals surface area contributed by atoms with Gasteiger partial charge in [0.1, 0.15) is 28.7 Å². The van der Waals surface area contributed by atoms with Gasteiger partial charge in [0.15, 0.2) is 0 Å². The Balaban J connectivity index is 1.61. The summed E-state index contributed by atoms with van der Waals surface area (Å²) in [4.78, 5) is 31.3. The number of hydrogen-bond donors (Lipinski definition) is 1. The van der Waals surface area contributed by atoms with Gasteiger partial charge in [-0.05, 0) is 49.2 Å². The third kappa shape index (κ3) is 3.47. The molecule has 1 N–H and O–H groups in total. The SMILES string of the molecule is CC1Cc2ccccc2N1C(=O)c1cccc(C(=O)Nc2c(F)cccc2F)n1. The maximum Gasteiger partial charge on any atom is 0.277 e. The molecular weight excluding hydrogens is 376 g/mol. The molecule has 5 nitrogen and oxygen atoms in total. The number of nitrogens with one attached hydrogen (secondary N) is 1. The Morgan fingerprint density at radius 1 is 0.966 bits per heavy atom. The number of anilines is 2. The molecule has 0 spiro atoms. The van der Waals surface area contributed by atoms with E-state index in [0.29, 0.717) is 0 Å². The zero-order valence-electron chi connectivity index (χ0n) is 15.5. The molecule has 7 heteroatoms. The highest BCUT2D eigenvalue weighted by Gasteiger charge is 2.32. The average Bonchev–Trinajstić information content (AvgIpc) is 3.06. The zero-order chi connectivity index (χ0) is 20.5. The van der Waals surface area contributed by atoms with Crippen LogP contribution in [-0.2, 0) is 6.42 Å². The van der Waals surface area contributed by atoms with E-state index in [-0.39, 0.29) is 23.3 Å². The summed E-state index contributed by atoms with van der Waals surface area (Å²) in [6.07, 6.45) is 0.731. The van der Waals surface area contributed by atoms with Crippen LogP contribution in [0.3, 0.4) is 0 Å². The molecule has 0 aliphatic carbocycles. The maximum atomic E-state index is 13.8. The molecule has 0 bridgehead atoms. The quantitative estimate of drug-likeness (QED) is 0.725. The van der Waals surface area contributed by atoms with E-state index in [9.17, 15) is 18.4 Å². The van der Waals surface area contributed by atoms with Crippen LogP contribution in [0, 0.1) is 11.6 Å². The lowest BCUT2D eigenvalue weighted by molar-refractivity contribution is 0.0976. The first kappa shape index (κ1) is 18.7. The van der Waals surface area contributed by atoms with Gasteiger partial charge in [-0.2, -0.15) is 0 Å². The van der Waals surface area contributed by atoms with E-state index < -0.39 is 23.2 Å². The number of halogens is 2. The number of rotatable bonds is 3. The van der Waals surface area contributed by atoms with Crippen LogP contribution in [0.4, 0.5) is 20.2 Å². The van der Waals surface area contributed by atoms with Gasteiger partial charge in [0.25, 0.3) is 11.8 Å². The lowest BCUT2D eigenvalue weighted by Crippen LogP contribution is -2.36. The molecule has 2 heterocycles. The summed E-state index contributed by atoms with van der Waals surface area (Å²) >= 11 is 0. The fourth-order valence-electron chi connectivity index (χ4n) is 3.47. The molecular formula is C22H17F2N3O2. The van der Waals surface area contributed by atoms with Gasteiger partial charge in [-0.15, -0.1) is 0 Å². The Hall–Kier alpha value is -3.61. The number of carbonyl (C=O) groups is 2. The first-order valence-electron chi connectivity index (χ1n) is 9.09. The summed E-state index contributed by atoms with van der Waals surface area (Å²) in [5, 5.41) is 2.18. The van der Waals surface area contributed by atoms with Crippen LogP contribution in [0.1, 0.15) is 33.5 Å². The molecule has 1 unspecified atom stereocenters. The van der Waals surface area contributed by atoms with E-state index in [1.807, 2.05) is 31.2 Å². The minimum absolute atomic E-state index is 0.0494. The van der Waals surface area contributed by atoms with Crippen molar-refractivity contribution >= 4 is 23.2 Å². The zero-order valence-corrected chi connectivity index (χ0v) is 15.5. The summed E-state index contributed by atoms with van der Waals surface area (Å²) < 4.78 is 27.6.